The number of fused-ring (bicyclic) bond motifs is 1. The monoisotopic (exact) mass is 280 g/mol. The maximum atomic E-state index is 13.5. The van der Waals surface area contributed by atoms with Gasteiger partial charge in [-0.3, -0.25) is 4.90 Å². The number of hydrogen-bond acceptors (Lipinski definition) is 2. The molecule has 0 aromatic heterocycles. The number of piperidine rings is 1. The van der Waals surface area contributed by atoms with E-state index in [1.54, 1.807) is 0 Å². The molecule has 2 saturated heterocycles. The Kier molecular flexibility index (Phi) is 3.92. The van der Waals surface area contributed by atoms with Crippen LogP contribution in [0.4, 0.5) is 14.5 Å². The van der Waals surface area contributed by atoms with E-state index in [0.717, 1.165) is 25.6 Å². The Bertz CT molecular complexity index is 457. The quantitative estimate of drug-likeness (QED) is 0.819. The summed E-state index contributed by atoms with van der Waals surface area (Å²) in [5, 5.41) is 0. The molecule has 0 bridgehead atoms. The SMILES string of the molecule is CCC1CN2CCCCC2CN1c1cc(F)cc(F)c1. The number of piperazine rings is 1. The first-order valence-corrected chi connectivity index (χ1v) is 7.64. The largest absolute Gasteiger partial charge is 0.366 e. The van der Waals surface area contributed by atoms with Gasteiger partial charge in [0.25, 0.3) is 0 Å². The summed E-state index contributed by atoms with van der Waals surface area (Å²) in [6.45, 7) is 5.23. The van der Waals surface area contributed by atoms with Crippen LogP contribution in [0.3, 0.4) is 0 Å². The molecule has 0 amide bonds. The van der Waals surface area contributed by atoms with E-state index in [0.29, 0.717) is 17.8 Å². The fraction of sp³-hybridized carbons (Fsp3) is 0.625. The van der Waals surface area contributed by atoms with Gasteiger partial charge < -0.3 is 4.90 Å². The van der Waals surface area contributed by atoms with E-state index in [-0.39, 0.29) is 0 Å². The number of rotatable bonds is 2. The molecule has 0 aliphatic carbocycles. The third-order valence-electron chi connectivity index (χ3n) is 4.69. The number of anilines is 1. The van der Waals surface area contributed by atoms with Crippen LogP contribution in [-0.2, 0) is 0 Å². The highest BCUT2D eigenvalue weighted by Crippen LogP contribution is 2.30. The Morgan fingerprint density at radius 1 is 1.10 bits per heavy atom. The van der Waals surface area contributed by atoms with Crippen molar-refractivity contribution in [1.82, 2.24) is 4.90 Å². The summed E-state index contributed by atoms with van der Waals surface area (Å²) in [5.41, 5.74) is 0.694. The molecule has 0 N–H and O–H groups in total. The van der Waals surface area contributed by atoms with Gasteiger partial charge in [-0.25, -0.2) is 8.78 Å². The minimum Gasteiger partial charge on any atom is -0.366 e. The van der Waals surface area contributed by atoms with Gasteiger partial charge in [-0.05, 0) is 37.9 Å². The predicted octanol–water partition coefficient (Wildman–Crippen LogP) is 3.42. The average Bonchev–Trinajstić information content (AvgIpc) is 2.44. The summed E-state index contributed by atoms with van der Waals surface area (Å²) in [7, 11) is 0. The summed E-state index contributed by atoms with van der Waals surface area (Å²) >= 11 is 0. The lowest BCUT2D eigenvalue weighted by Crippen LogP contribution is -2.59. The van der Waals surface area contributed by atoms with Crippen molar-refractivity contribution < 1.29 is 8.78 Å². The van der Waals surface area contributed by atoms with Gasteiger partial charge in [0.2, 0.25) is 0 Å². The molecular weight excluding hydrogens is 258 g/mol. The van der Waals surface area contributed by atoms with Crippen LogP contribution in [0.15, 0.2) is 18.2 Å². The van der Waals surface area contributed by atoms with Gasteiger partial charge in [0, 0.05) is 36.9 Å². The summed E-state index contributed by atoms with van der Waals surface area (Å²) < 4.78 is 26.9. The number of halogens is 2. The molecule has 110 valence electrons. The molecule has 2 heterocycles. The zero-order valence-corrected chi connectivity index (χ0v) is 12.0. The highest BCUT2D eigenvalue weighted by molar-refractivity contribution is 5.49. The van der Waals surface area contributed by atoms with Crippen molar-refractivity contribution in [1.29, 1.82) is 0 Å². The van der Waals surface area contributed by atoms with Crippen molar-refractivity contribution in [3.8, 4) is 0 Å². The maximum Gasteiger partial charge on any atom is 0.128 e. The number of nitrogens with zero attached hydrogens (tertiary/aromatic N) is 2. The van der Waals surface area contributed by atoms with Crippen LogP contribution in [0.2, 0.25) is 0 Å². The molecule has 1 aromatic carbocycles. The van der Waals surface area contributed by atoms with Gasteiger partial charge in [-0.15, -0.1) is 0 Å². The Hall–Kier alpha value is -1.16. The molecular formula is C16H22F2N2. The second-order valence-corrected chi connectivity index (χ2v) is 5.99. The Labute approximate surface area is 119 Å². The fourth-order valence-electron chi connectivity index (χ4n) is 3.62. The first-order chi connectivity index (χ1) is 9.67. The van der Waals surface area contributed by atoms with E-state index in [1.165, 1.54) is 37.9 Å². The van der Waals surface area contributed by atoms with Crippen molar-refractivity contribution in [3.05, 3.63) is 29.8 Å². The molecule has 0 spiro atoms. The van der Waals surface area contributed by atoms with Gasteiger partial charge in [0.05, 0.1) is 0 Å². The summed E-state index contributed by atoms with van der Waals surface area (Å²) in [6, 6.07) is 4.76. The van der Waals surface area contributed by atoms with Crippen LogP contribution in [0.25, 0.3) is 0 Å². The third-order valence-corrected chi connectivity index (χ3v) is 4.69. The summed E-state index contributed by atoms with van der Waals surface area (Å²) in [5.74, 6) is -0.971. The minimum absolute atomic E-state index is 0.352. The minimum atomic E-state index is -0.485. The Morgan fingerprint density at radius 2 is 1.85 bits per heavy atom. The van der Waals surface area contributed by atoms with Crippen molar-refractivity contribution in [2.75, 3.05) is 24.5 Å². The molecule has 2 aliphatic heterocycles. The van der Waals surface area contributed by atoms with E-state index in [9.17, 15) is 8.78 Å². The lowest BCUT2D eigenvalue weighted by molar-refractivity contribution is 0.111. The second-order valence-electron chi connectivity index (χ2n) is 5.99. The molecule has 20 heavy (non-hydrogen) atoms. The van der Waals surface area contributed by atoms with E-state index in [4.69, 9.17) is 0 Å². The van der Waals surface area contributed by atoms with Crippen LogP contribution >= 0.6 is 0 Å². The van der Waals surface area contributed by atoms with Crippen LogP contribution in [0, 0.1) is 11.6 Å². The highest BCUT2D eigenvalue weighted by Gasteiger charge is 2.34. The molecule has 2 aliphatic rings. The molecule has 0 radical (unpaired) electrons. The molecule has 0 saturated carbocycles. The average molecular weight is 280 g/mol. The molecule has 4 heteroatoms. The zero-order chi connectivity index (χ0) is 14.1. The predicted molar refractivity (Wildman–Crippen MR) is 77.0 cm³/mol. The van der Waals surface area contributed by atoms with Gasteiger partial charge in [-0.1, -0.05) is 13.3 Å². The van der Waals surface area contributed by atoms with Crippen LogP contribution in [0.1, 0.15) is 32.6 Å². The second kappa shape index (κ2) is 5.68. The molecule has 2 fully saturated rings. The number of benzene rings is 1. The Morgan fingerprint density at radius 3 is 2.55 bits per heavy atom. The molecule has 3 rings (SSSR count). The smallest absolute Gasteiger partial charge is 0.128 e. The number of hydrogen-bond donors (Lipinski definition) is 0. The van der Waals surface area contributed by atoms with Gasteiger partial charge in [0.15, 0.2) is 0 Å². The normalized spacial score (nSPS) is 27.4. The third kappa shape index (κ3) is 2.66. The van der Waals surface area contributed by atoms with E-state index >= 15 is 0 Å². The van der Waals surface area contributed by atoms with Crippen molar-refractivity contribution >= 4 is 5.69 Å². The van der Waals surface area contributed by atoms with Crippen molar-refractivity contribution in [2.45, 2.75) is 44.7 Å². The van der Waals surface area contributed by atoms with E-state index in [2.05, 4.69) is 16.7 Å². The standard InChI is InChI=1S/C16H22F2N2/c1-2-14-10-19-6-4-3-5-15(19)11-20(14)16-8-12(17)7-13(18)9-16/h7-9,14-15H,2-6,10-11H2,1H3. The zero-order valence-electron chi connectivity index (χ0n) is 12.0. The summed E-state index contributed by atoms with van der Waals surface area (Å²) in [6.07, 6.45) is 4.75. The van der Waals surface area contributed by atoms with Crippen molar-refractivity contribution in [2.24, 2.45) is 0 Å². The molecule has 2 atom stereocenters. The van der Waals surface area contributed by atoms with Gasteiger partial charge in [-0.2, -0.15) is 0 Å². The van der Waals surface area contributed by atoms with Crippen molar-refractivity contribution in [3.63, 3.8) is 0 Å². The van der Waals surface area contributed by atoms with E-state index < -0.39 is 11.6 Å². The van der Waals surface area contributed by atoms with Gasteiger partial charge in [0.1, 0.15) is 11.6 Å². The van der Waals surface area contributed by atoms with E-state index in [1.807, 2.05) is 0 Å². The van der Waals surface area contributed by atoms with Crippen LogP contribution < -0.4 is 4.90 Å². The lowest BCUT2D eigenvalue weighted by atomic mass is 9.95. The fourth-order valence-corrected chi connectivity index (χ4v) is 3.62. The van der Waals surface area contributed by atoms with Crippen LogP contribution in [-0.4, -0.2) is 36.6 Å². The summed E-state index contributed by atoms with van der Waals surface area (Å²) in [4.78, 5) is 4.77. The topological polar surface area (TPSA) is 6.48 Å². The van der Waals surface area contributed by atoms with Gasteiger partial charge >= 0.3 is 0 Å². The first kappa shape index (κ1) is 13.8. The van der Waals surface area contributed by atoms with Crippen LogP contribution in [0.5, 0.6) is 0 Å². The molecule has 1 aromatic rings. The molecule has 2 unspecified atom stereocenters. The Balaban J connectivity index is 1.86. The lowest BCUT2D eigenvalue weighted by Gasteiger charge is -2.49. The first-order valence-electron chi connectivity index (χ1n) is 7.64. The maximum absolute atomic E-state index is 13.5. The molecule has 2 nitrogen and oxygen atoms in total. The highest BCUT2D eigenvalue weighted by atomic mass is 19.1.